The summed E-state index contributed by atoms with van der Waals surface area (Å²) < 4.78 is 68.9. The number of fused-ring (bicyclic) bond motifs is 2. The number of amides is 2. The van der Waals surface area contributed by atoms with Gasteiger partial charge in [-0.25, -0.2) is 9.79 Å². The van der Waals surface area contributed by atoms with Gasteiger partial charge in [0, 0.05) is 29.4 Å². The van der Waals surface area contributed by atoms with Crippen LogP contribution in [-0.2, 0) is 20.2 Å². The van der Waals surface area contributed by atoms with Crippen LogP contribution in [0.4, 0.5) is 33.2 Å². The van der Waals surface area contributed by atoms with Gasteiger partial charge >= 0.3 is 6.03 Å². The maximum atomic E-state index is 13.4. The Hall–Kier alpha value is -6.80. The molecule has 7 N–H and O–H groups in total. The van der Waals surface area contributed by atoms with Crippen LogP contribution >= 0.6 is 0 Å². The topological polar surface area (TPSA) is 265 Å². The zero-order valence-corrected chi connectivity index (χ0v) is 29.3. The largest absolute Gasteiger partial charge is 0.497 e. The van der Waals surface area contributed by atoms with E-state index in [2.05, 4.69) is 36.7 Å². The second-order valence-corrected chi connectivity index (χ2v) is 14.3. The van der Waals surface area contributed by atoms with Gasteiger partial charge in [-0.2, -0.15) is 27.0 Å². The summed E-state index contributed by atoms with van der Waals surface area (Å²) in [6.45, 7) is 1.40. The molecule has 0 unspecified atom stereocenters. The normalized spacial score (nSPS) is 15.9. The Morgan fingerprint density at radius 1 is 0.611 bits per heavy atom. The molecule has 2 aliphatic carbocycles. The Morgan fingerprint density at radius 3 is 1.46 bits per heavy atom. The summed E-state index contributed by atoms with van der Waals surface area (Å²) in [6.07, 6.45) is 2.06. The van der Waals surface area contributed by atoms with Gasteiger partial charge < -0.3 is 15.7 Å². The molecule has 0 atom stereocenters. The number of hydrogen-bond acceptors (Lipinski definition) is 12. The first-order chi connectivity index (χ1) is 25.6. The van der Waals surface area contributed by atoms with Gasteiger partial charge in [0.25, 0.3) is 20.2 Å². The van der Waals surface area contributed by atoms with E-state index in [1.165, 1.54) is 67.6 Å². The zero-order chi connectivity index (χ0) is 38.8. The fourth-order valence-corrected chi connectivity index (χ4v) is 6.60. The third-order valence-electron chi connectivity index (χ3n) is 7.66. The summed E-state index contributed by atoms with van der Waals surface area (Å²) in [5.74, 6) is -1.80. The minimum Gasteiger partial charge on any atom is -0.497 e. The van der Waals surface area contributed by atoms with Crippen LogP contribution in [0.1, 0.15) is 38.8 Å². The molecular weight excluding hydrogens is 743 g/mol. The lowest BCUT2D eigenvalue weighted by atomic mass is 9.94. The Kier molecular flexibility index (Phi) is 10.0. The molecule has 4 aromatic rings. The van der Waals surface area contributed by atoms with Crippen LogP contribution in [0.15, 0.2) is 116 Å². The molecule has 4 aromatic carbocycles. The van der Waals surface area contributed by atoms with Gasteiger partial charge in [0.1, 0.15) is 9.81 Å². The summed E-state index contributed by atoms with van der Waals surface area (Å²) in [7, 11) is -9.88. The number of rotatable bonds is 9. The minimum absolute atomic E-state index is 0.0136. The number of benzene rings is 4. The number of nitrogens with one attached hydrogen (secondary N) is 4. The number of Topliss-reactive ketones (excluding diaryl/α,β-unsaturated/α-hetero) is 2. The van der Waals surface area contributed by atoms with Crippen molar-refractivity contribution >= 4 is 95.7 Å². The van der Waals surface area contributed by atoms with Crippen LogP contribution in [-0.4, -0.2) is 66.0 Å². The van der Waals surface area contributed by atoms with Crippen molar-refractivity contribution in [2.75, 3.05) is 21.5 Å². The number of ketones is 2. The molecule has 0 aromatic heterocycles. The number of nitrogens with zero attached hydrogens (tertiary/aromatic N) is 3. The maximum Gasteiger partial charge on any atom is 0.323 e. The third kappa shape index (κ3) is 8.29. The smallest absolute Gasteiger partial charge is 0.323 e. The summed E-state index contributed by atoms with van der Waals surface area (Å²) in [5, 5.41) is 22.2. The monoisotopic (exact) mass is 769 g/mol. The maximum absolute atomic E-state index is 13.4. The number of para-hydroxylation sites is 1. The van der Waals surface area contributed by atoms with Crippen LogP contribution in [0.25, 0.3) is 12.2 Å². The van der Waals surface area contributed by atoms with Crippen LogP contribution in [0.2, 0.25) is 0 Å². The van der Waals surface area contributed by atoms with Crippen molar-refractivity contribution in [1.82, 2.24) is 0 Å². The second kappa shape index (κ2) is 14.7. The molecule has 0 aliphatic heterocycles. The van der Waals surface area contributed by atoms with Gasteiger partial charge in [-0.1, -0.05) is 18.2 Å². The highest BCUT2D eigenvalue weighted by Gasteiger charge is 2.34. The lowest BCUT2D eigenvalue weighted by molar-refractivity contribution is 0.105. The fourth-order valence-electron chi connectivity index (χ4n) is 5.28. The third-order valence-corrected chi connectivity index (χ3v) is 9.39. The second-order valence-electron chi connectivity index (χ2n) is 11.5. The van der Waals surface area contributed by atoms with Gasteiger partial charge in [0.05, 0.1) is 17.1 Å². The molecule has 19 heteroatoms. The van der Waals surface area contributed by atoms with Crippen molar-refractivity contribution in [2.45, 2.75) is 6.92 Å². The van der Waals surface area contributed by atoms with E-state index in [4.69, 9.17) is 0 Å². The number of hydrogen-bond donors (Lipinski definition) is 7. The Bertz CT molecular complexity index is 2610. The highest BCUT2D eigenvalue weighted by Crippen LogP contribution is 2.30. The molecule has 0 saturated carbocycles. The number of aliphatic hydroxyl groups excluding tert-OH is 1. The minimum atomic E-state index is -4.96. The van der Waals surface area contributed by atoms with E-state index < -0.39 is 59.1 Å². The first-order valence-corrected chi connectivity index (χ1v) is 18.4. The van der Waals surface area contributed by atoms with Gasteiger partial charge in [0.2, 0.25) is 11.6 Å². The predicted octanol–water partition coefficient (Wildman–Crippen LogP) is 5.72. The first-order valence-electron chi connectivity index (χ1n) is 15.5. The van der Waals surface area contributed by atoms with Crippen molar-refractivity contribution in [3.8, 4) is 0 Å². The average Bonchev–Trinajstić information content (AvgIpc) is 3.10. The van der Waals surface area contributed by atoms with Crippen LogP contribution < -0.4 is 21.5 Å². The number of hydrazone groups is 2. The molecule has 0 saturated heterocycles. The summed E-state index contributed by atoms with van der Waals surface area (Å²) in [4.78, 5) is 41.9. The van der Waals surface area contributed by atoms with Crippen LogP contribution in [0.5, 0.6) is 0 Å². The highest BCUT2D eigenvalue weighted by molar-refractivity contribution is 7.91. The standard InChI is InChI=1S/C35H27N7O10S2/c1-19(43)36-22-7-9-24(10-8-22)40-42-32-30(54(50,51)52)18-21-16-26(12-14-28(21)34(32)45)38-35(46)37-25-11-13-27-20(15-25)17-29(53(47,48)49)31(33(27)44)41-39-23-5-3-2-4-6-23/h2-18,39-40H,1H3,(H,36,43)(H2,37,38,46)(H,47,48,49)(H,50,51,52)/b41-31-,42-32+. The van der Waals surface area contributed by atoms with Crippen molar-refractivity contribution in [2.24, 2.45) is 15.2 Å². The number of allylic oxidation sites excluding steroid dienone is 2. The number of carbonyl (C=O) groups is 3. The molecule has 274 valence electrons. The molecule has 0 radical (unpaired) electrons. The molecule has 2 amide bonds. The lowest BCUT2D eigenvalue weighted by Crippen LogP contribution is -2.27. The van der Waals surface area contributed by atoms with Crippen molar-refractivity contribution in [1.29, 1.82) is 0 Å². The van der Waals surface area contributed by atoms with Gasteiger partial charge in [-0.15, -0.1) is 0 Å². The van der Waals surface area contributed by atoms with Crippen molar-refractivity contribution < 1.29 is 45.4 Å². The number of anilines is 4. The number of carbonyl (C=O) groups excluding carboxylic acids is 3. The van der Waals surface area contributed by atoms with Crippen LogP contribution in [0.3, 0.4) is 0 Å². The quantitative estimate of drug-likeness (QED) is 0.0466. The molecule has 2 aliphatic rings. The van der Waals surface area contributed by atoms with Gasteiger partial charge in [-0.05, 0) is 96.1 Å². The molecule has 54 heavy (non-hydrogen) atoms. The van der Waals surface area contributed by atoms with E-state index >= 15 is 0 Å². The van der Waals surface area contributed by atoms with Crippen molar-refractivity contribution in [3.05, 3.63) is 123 Å². The highest BCUT2D eigenvalue weighted by atomic mass is 32.2. The Labute approximate surface area is 307 Å². The van der Waals surface area contributed by atoms with E-state index in [-0.39, 0.29) is 39.5 Å². The lowest BCUT2D eigenvalue weighted by Gasteiger charge is -2.18. The zero-order valence-electron chi connectivity index (χ0n) is 27.7. The number of urea groups is 1. The van der Waals surface area contributed by atoms with E-state index in [0.717, 1.165) is 12.2 Å². The summed E-state index contributed by atoms with van der Waals surface area (Å²) in [5.41, 5.74) is 5.63. The molecule has 6 rings (SSSR count). The van der Waals surface area contributed by atoms with E-state index in [1.807, 2.05) is 0 Å². The SMILES string of the molecule is CC(O)=Nc1ccc(N/N=C2/C(=O)c3ccc(NC(=O)Nc4ccc5c(c4)C=C(S(=O)(=O)O)/C(=N/Nc4ccccc4)C5=O)cc3C=C2S(=O)(=O)O)cc1. The van der Waals surface area contributed by atoms with Gasteiger partial charge in [-0.3, -0.25) is 29.5 Å². The Balaban J connectivity index is 1.20. The average molecular weight is 770 g/mol. The first kappa shape index (κ1) is 37.0. The fraction of sp³-hybridized carbons (Fsp3) is 0.0286. The Morgan fingerprint density at radius 2 is 1.04 bits per heavy atom. The molecule has 17 nitrogen and oxygen atoms in total. The molecule has 0 heterocycles. The van der Waals surface area contributed by atoms with E-state index in [1.54, 1.807) is 30.3 Å². The van der Waals surface area contributed by atoms with E-state index in [0.29, 0.717) is 17.1 Å². The van der Waals surface area contributed by atoms with E-state index in [9.17, 15) is 45.4 Å². The molecule has 0 fully saturated rings. The molecular formula is C35H27N7O10S2. The van der Waals surface area contributed by atoms with Crippen LogP contribution in [0, 0.1) is 0 Å². The molecule has 0 bridgehead atoms. The van der Waals surface area contributed by atoms with Crippen molar-refractivity contribution in [3.63, 3.8) is 0 Å². The number of aliphatic hydroxyl groups is 1. The van der Waals surface area contributed by atoms with Gasteiger partial charge in [0.15, 0.2) is 17.3 Å². The summed E-state index contributed by atoms with van der Waals surface area (Å²) >= 11 is 0. The summed E-state index contributed by atoms with van der Waals surface area (Å²) in [6, 6.07) is 21.7. The number of aliphatic imine (C=N–C) groups is 1. The predicted molar refractivity (Wildman–Crippen MR) is 204 cm³/mol. The molecule has 0 spiro atoms.